The molecule has 2 heterocycles. The number of aliphatic hydroxyl groups is 1. The summed E-state index contributed by atoms with van der Waals surface area (Å²) in [5.74, 6) is -0.892. The minimum Gasteiger partial charge on any atom is -0.481 e. The smallest absolute Gasteiger partial charge is 0.314 e. The Labute approximate surface area is 95.0 Å². The fourth-order valence-corrected chi connectivity index (χ4v) is 2.74. The van der Waals surface area contributed by atoms with Crippen molar-refractivity contribution >= 4 is 5.97 Å². The highest BCUT2D eigenvalue weighted by Gasteiger charge is 2.61. The second kappa shape index (κ2) is 3.98. The number of hydrogen-bond donors (Lipinski definition) is 2. The van der Waals surface area contributed by atoms with Gasteiger partial charge in [-0.3, -0.25) is 4.79 Å². The van der Waals surface area contributed by atoms with Crippen LogP contribution in [0.5, 0.6) is 0 Å². The van der Waals surface area contributed by atoms with Crippen molar-refractivity contribution in [3.63, 3.8) is 0 Å². The Balaban J connectivity index is 2.24. The van der Waals surface area contributed by atoms with Gasteiger partial charge < -0.3 is 19.8 Å². The molecule has 0 radical (unpaired) electrons. The number of likely N-dealkylation sites (tertiary alicyclic amines) is 1. The molecule has 0 spiro atoms. The highest BCUT2D eigenvalue weighted by molar-refractivity contribution is 5.77. The van der Waals surface area contributed by atoms with E-state index in [-0.39, 0.29) is 13.2 Å². The van der Waals surface area contributed by atoms with Crippen LogP contribution in [-0.4, -0.2) is 59.5 Å². The van der Waals surface area contributed by atoms with Crippen LogP contribution in [-0.2, 0) is 9.53 Å². The van der Waals surface area contributed by atoms with Gasteiger partial charge in [0.25, 0.3) is 0 Å². The lowest BCUT2D eigenvalue weighted by molar-refractivity contribution is -0.253. The van der Waals surface area contributed by atoms with Gasteiger partial charge in [-0.2, -0.15) is 0 Å². The van der Waals surface area contributed by atoms with E-state index in [1.807, 2.05) is 6.92 Å². The van der Waals surface area contributed by atoms with E-state index in [1.54, 1.807) is 0 Å². The molecule has 1 atom stereocenters. The molecule has 92 valence electrons. The zero-order valence-electron chi connectivity index (χ0n) is 9.61. The molecule has 2 rings (SSSR count). The number of piperidine rings is 1. The monoisotopic (exact) mass is 229 g/mol. The van der Waals surface area contributed by atoms with Crippen molar-refractivity contribution in [3.05, 3.63) is 0 Å². The molecular weight excluding hydrogens is 210 g/mol. The third-order valence-corrected chi connectivity index (χ3v) is 4.00. The van der Waals surface area contributed by atoms with Gasteiger partial charge in [0, 0.05) is 6.54 Å². The molecular formula is C11H19NO4. The molecule has 0 aromatic carbocycles. The molecule has 2 saturated heterocycles. The van der Waals surface area contributed by atoms with Crippen LogP contribution in [0.15, 0.2) is 0 Å². The number of carboxylic acid groups (broad SMARTS) is 1. The minimum absolute atomic E-state index is 0.150. The van der Waals surface area contributed by atoms with Gasteiger partial charge in [-0.15, -0.1) is 0 Å². The molecule has 16 heavy (non-hydrogen) atoms. The van der Waals surface area contributed by atoms with Crippen molar-refractivity contribution in [2.75, 3.05) is 32.8 Å². The average molecular weight is 229 g/mol. The Bertz CT molecular complexity index is 290. The molecule has 0 aromatic rings. The van der Waals surface area contributed by atoms with Crippen molar-refractivity contribution in [1.82, 2.24) is 4.90 Å². The molecule has 2 aliphatic rings. The fourth-order valence-electron chi connectivity index (χ4n) is 2.74. The van der Waals surface area contributed by atoms with E-state index in [4.69, 9.17) is 4.74 Å². The van der Waals surface area contributed by atoms with Crippen molar-refractivity contribution in [1.29, 1.82) is 0 Å². The summed E-state index contributed by atoms with van der Waals surface area (Å²) in [5, 5.41) is 19.8. The second-order valence-electron chi connectivity index (χ2n) is 4.88. The average Bonchev–Trinajstić information content (AvgIpc) is 2.25. The SMILES string of the molecule is CCN1CCCC(C(=O)O)(C2(O)COC2)C1. The first kappa shape index (κ1) is 11.8. The number of nitrogens with zero attached hydrogens (tertiary/aromatic N) is 1. The highest BCUT2D eigenvalue weighted by atomic mass is 16.5. The quantitative estimate of drug-likeness (QED) is 0.709. The van der Waals surface area contributed by atoms with E-state index in [0.29, 0.717) is 13.0 Å². The van der Waals surface area contributed by atoms with Crippen molar-refractivity contribution in [3.8, 4) is 0 Å². The van der Waals surface area contributed by atoms with Crippen LogP contribution in [0.25, 0.3) is 0 Å². The Kier molecular flexibility index (Phi) is 2.94. The number of hydrogen-bond acceptors (Lipinski definition) is 4. The highest BCUT2D eigenvalue weighted by Crippen LogP contribution is 2.44. The van der Waals surface area contributed by atoms with Gasteiger partial charge in [0.2, 0.25) is 0 Å². The number of aliphatic carboxylic acids is 1. The molecule has 2 aliphatic heterocycles. The number of rotatable bonds is 3. The zero-order valence-corrected chi connectivity index (χ0v) is 9.61. The van der Waals surface area contributed by atoms with Gasteiger partial charge in [0.15, 0.2) is 0 Å². The zero-order chi connectivity index (χ0) is 11.8. The van der Waals surface area contributed by atoms with Crippen LogP contribution in [0.1, 0.15) is 19.8 Å². The Hall–Kier alpha value is -0.650. The fraction of sp³-hybridized carbons (Fsp3) is 0.909. The normalized spacial score (nSPS) is 34.4. The summed E-state index contributed by atoms with van der Waals surface area (Å²) >= 11 is 0. The summed E-state index contributed by atoms with van der Waals surface area (Å²) in [5.41, 5.74) is -2.22. The first-order valence-electron chi connectivity index (χ1n) is 5.80. The third-order valence-electron chi connectivity index (χ3n) is 4.00. The summed E-state index contributed by atoms with van der Waals surface area (Å²) in [6.07, 6.45) is 1.36. The molecule has 2 N–H and O–H groups in total. The lowest BCUT2D eigenvalue weighted by Gasteiger charge is -2.52. The predicted octanol–water partition coefficient (Wildman–Crippen LogP) is -0.0656. The van der Waals surface area contributed by atoms with E-state index in [2.05, 4.69) is 4.90 Å². The molecule has 0 aliphatic carbocycles. The summed E-state index contributed by atoms with van der Waals surface area (Å²) in [7, 11) is 0. The van der Waals surface area contributed by atoms with Gasteiger partial charge in [-0.1, -0.05) is 6.92 Å². The first-order chi connectivity index (χ1) is 7.54. The van der Waals surface area contributed by atoms with E-state index < -0.39 is 17.0 Å². The Morgan fingerprint density at radius 1 is 1.50 bits per heavy atom. The lowest BCUT2D eigenvalue weighted by atomic mass is 9.65. The van der Waals surface area contributed by atoms with Crippen molar-refractivity contribution < 1.29 is 19.7 Å². The Morgan fingerprint density at radius 3 is 2.62 bits per heavy atom. The summed E-state index contributed by atoms with van der Waals surface area (Å²) in [6.45, 7) is 4.49. The van der Waals surface area contributed by atoms with Crippen molar-refractivity contribution in [2.45, 2.75) is 25.4 Å². The molecule has 0 saturated carbocycles. The van der Waals surface area contributed by atoms with Gasteiger partial charge in [0.05, 0.1) is 13.2 Å². The largest absolute Gasteiger partial charge is 0.481 e. The van der Waals surface area contributed by atoms with Gasteiger partial charge in [-0.25, -0.2) is 0 Å². The minimum atomic E-state index is -1.17. The number of ether oxygens (including phenoxy) is 1. The molecule has 5 nitrogen and oxygen atoms in total. The van der Waals surface area contributed by atoms with Gasteiger partial charge in [-0.05, 0) is 25.9 Å². The predicted molar refractivity (Wildman–Crippen MR) is 57.2 cm³/mol. The van der Waals surface area contributed by atoms with E-state index in [0.717, 1.165) is 19.5 Å². The van der Waals surface area contributed by atoms with Crippen LogP contribution < -0.4 is 0 Å². The van der Waals surface area contributed by atoms with Crippen molar-refractivity contribution in [2.24, 2.45) is 5.41 Å². The van der Waals surface area contributed by atoms with Crippen LogP contribution in [0, 0.1) is 5.41 Å². The van der Waals surface area contributed by atoms with E-state index >= 15 is 0 Å². The van der Waals surface area contributed by atoms with E-state index in [1.165, 1.54) is 0 Å². The first-order valence-corrected chi connectivity index (χ1v) is 5.80. The standard InChI is InChI=1S/C11H19NO4/c1-2-12-5-3-4-10(6-12,9(13)14)11(15)7-16-8-11/h15H,2-8H2,1H3,(H,13,14). The van der Waals surface area contributed by atoms with Crippen LogP contribution in [0.3, 0.4) is 0 Å². The lowest BCUT2D eigenvalue weighted by Crippen LogP contribution is -2.69. The van der Waals surface area contributed by atoms with Gasteiger partial charge in [0.1, 0.15) is 11.0 Å². The molecule has 1 unspecified atom stereocenters. The summed E-state index contributed by atoms with van der Waals surface area (Å²) < 4.78 is 5.00. The summed E-state index contributed by atoms with van der Waals surface area (Å²) in [6, 6.07) is 0. The topological polar surface area (TPSA) is 70.0 Å². The van der Waals surface area contributed by atoms with E-state index in [9.17, 15) is 15.0 Å². The van der Waals surface area contributed by atoms with Crippen LogP contribution in [0.2, 0.25) is 0 Å². The maximum atomic E-state index is 11.5. The molecule has 0 amide bonds. The third kappa shape index (κ3) is 1.54. The second-order valence-corrected chi connectivity index (χ2v) is 4.88. The molecule has 0 aromatic heterocycles. The maximum Gasteiger partial charge on any atom is 0.314 e. The number of carboxylic acids is 1. The van der Waals surface area contributed by atoms with Crippen LogP contribution in [0.4, 0.5) is 0 Å². The van der Waals surface area contributed by atoms with Gasteiger partial charge >= 0.3 is 5.97 Å². The summed E-state index contributed by atoms with van der Waals surface area (Å²) in [4.78, 5) is 13.6. The molecule has 2 fully saturated rings. The maximum absolute atomic E-state index is 11.5. The van der Waals surface area contributed by atoms with Crippen LogP contribution >= 0.6 is 0 Å². The molecule has 0 bridgehead atoms. The number of carbonyl (C=O) groups is 1. The Morgan fingerprint density at radius 2 is 2.19 bits per heavy atom. The molecule has 5 heteroatoms.